The van der Waals surface area contributed by atoms with Crippen LogP contribution in [0.3, 0.4) is 0 Å². The van der Waals surface area contributed by atoms with Crippen molar-refractivity contribution in [2.45, 2.75) is 38.3 Å². The first kappa shape index (κ1) is 19.4. The van der Waals surface area contributed by atoms with Gasteiger partial charge in [-0.15, -0.1) is 0 Å². The van der Waals surface area contributed by atoms with E-state index in [1.165, 1.54) is 11.1 Å². The van der Waals surface area contributed by atoms with Crippen LogP contribution in [0, 0.1) is 0 Å². The summed E-state index contributed by atoms with van der Waals surface area (Å²) in [4.78, 5) is 0. The number of rotatable bonds is 7. The van der Waals surface area contributed by atoms with Crippen molar-refractivity contribution >= 4 is 0 Å². The number of nitrogens with one attached hydrogen (secondary N) is 1. The van der Waals surface area contributed by atoms with Gasteiger partial charge in [0.15, 0.2) is 23.0 Å². The summed E-state index contributed by atoms with van der Waals surface area (Å²) < 4.78 is 22.0. The summed E-state index contributed by atoms with van der Waals surface area (Å²) in [6, 6.07) is 10.9. The minimum absolute atomic E-state index is 0.250. The Kier molecular flexibility index (Phi) is 6.11. The molecular formula is C22H29NO4. The SMILES string of the molecule is COc1cc2c(cc1OC)C(CCc1cccc(OC)c1OC)N[C@H](C)C2. The van der Waals surface area contributed by atoms with Crippen LogP contribution in [-0.2, 0) is 12.8 Å². The Balaban J connectivity index is 1.87. The van der Waals surface area contributed by atoms with Crippen molar-refractivity contribution in [1.82, 2.24) is 5.32 Å². The highest BCUT2D eigenvalue weighted by molar-refractivity contribution is 5.50. The van der Waals surface area contributed by atoms with E-state index in [4.69, 9.17) is 18.9 Å². The maximum atomic E-state index is 5.58. The number of methoxy groups -OCH3 is 4. The van der Waals surface area contributed by atoms with Crippen LogP contribution in [0.2, 0.25) is 0 Å². The average Bonchev–Trinajstić information content (AvgIpc) is 2.70. The first-order valence-electron chi connectivity index (χ1n) is 9.32. The number of hydrogen-bond donors (Lipinski definition) is 1. The third-order valence-electron chi connectivity index (χ3n) is 5.22. The van der Waals surface area contributed by atoms with Crippen LogP contribution in [-0.4, -0.2) is 34.5 Å². The summed E-state index contributed by atoms with van der Waals surface area (Å²) in [5, 5.41) is 3.73. The van der Waals surface area contributed by atoms with Crippen molar-refractivity contribution in [2.75, 3.05) is 28.4 Å². The molecule has 146 valence electrons. The first-order chi connectivity index (χ1) is 13.1. The molecule has 0 aromatic heterocycles. The van der Waals surface area contributed by atoms with Crippen LogP contribution in [0.4, 0.5) is 0 Å². The molecule has 1 aliphatic heterocycles. The Morgan fingerprint density at radius 3 is 2.30 bits per heavy atom. The number of para-hydroxylation sites is 1. The lowest BCUT2D eigenvalue weighted by Gasteiger charge is -2.32. The van der Waals surface area contributed by atoms with Crippen molar-refractivity contribution in [1.29, 1.82) is 0 Å². The van der Waals surface area contributed by atoms with Gasteiger partial charge >= 0.3 is 0 Å². The summed E-state index contributed by atoms with van der Waals surface area (Å²) in [5.41, 5.74) is 3.76. The highest BCUT2D eigenvalue weighted by Gasteiger charge is 2.26. The van der Waals surface area contributed by atoms with E-state index in [0.29, 0.717) is 6.04 Å². The number of benzene rings is 2. The van der Waals surface area contributed by atoms with Crippen molar-refractivity contribution in [3.8, 4) is 23.0 Å². The molecule has 1 unspecified atom stereocenters. The highest BCUT2D eigenvalue weighted by Crippen LogP contribution is 2.38. The Morgan fingerprint density at radius 1 is 0.926 bits per heavy atom. The molecule has 0 fully saturated rings. The van der Waals surface area contributed by atoms with E-state index in [0.717, 1.165) is 47.8 Å². The van der Waals surface area contributed by atoms with Gasteiger partial charge in [-0.3, -0.25) is 0 Å². The van der Waals surface area contributed by atoms with Crippen molar-refractivity contribution < 1.29 is 18.9 Å². The third-order valence-corrected chi connectivity index (χ3v) is 5.22. The molecule has 1 N–H and O–H groups in total. The van der Waals surface area contributed by atoms with E-state index < -0.39 is 0 Å². The van der Waals surface area contributed by atoms with Gasteiger partial charge in [-0.05, 0) is 61.1 Å². The molecule has 1 heterocycles. The molecule has 27 heavy (non-hydrogen) atoms. The largest absolute Gasteiger partial charge is 0.493 e. The Hall–Kier alpha value is -2.40. The maximum absolute atomic E-state index is 5.58. The smallest absolute Gasteiger partial charge is 0.163 e. The van der Waals surface area contributed by atoms with Gasteiger partial charge in [-0.2, -0.15) is 0 Å². The van der Waals surface area contributed by atoms with E-state index >= 15 is 0 Å². The lowest BCUT2D eigenvalue weighted by atomic mass is 9.87. The quantitative estimate of drug-likeness (QED) is 0.799. The van der Waals surface area contributed by atoms with Crippen LogP contribution in [0.25, 0.3) is 0 Å². The van der Waals surface area contributed by atoms with E-state index in [2.05, 4.69) is 30.4 Å². The zero-order valence-corrected chi connectivity index (χ0v) is 16.8. The van der Waals surface area contributed by atoms with Gasteiger partial charge in [-0.25, -0.2) is 0 Å². The topological polar surface area (TPSA) is 49.0 Å². The first-order valence-corrected chi connectivity index (χ1v) is 9.32. The summed E-state index contributed by atoms with van der Waals surface area (Å²) in [6.07, 6.45) is 2.82. The van der Waals surface area contributed by atoms with E-state index in [9.17, 15) is 0 Å². The molecule has 0 spiro atoms. The van der Waals surface area contributed by atoms with Crippen LogP contribution in [0.15, 0.2) is 30.3 Å². The van der Waals surface area contributed by atoms with Gasteiger partial charge in [0.25, 0.3) is 0 Å². The fraction of sp³-hybridized carbons (Fsp3) is 0.455. The molecule has 5 nitrogen and oxygen atoms in total. The maximum Gasteiger partial charge on any atom is 0.163 e. The molecule has 2 atom stereocenters. The molecule has 3 rings (SSSR count). The van der Waals surface area contributed by atoms with Crippen molar-refractivity contribution in [3.63, 3.8) is 0 Å². The summed E-state index contributed by atoms with van der Waals surface area (Å²) in [6.45, 7) is 2.22. The van der Waals surface area contributed by atoms with Crippen LogP contribution < -0.4 is 24.3 Å². The van der Waals surface area contributed by atoms with Gasteiger partial charge in [0, 0.05) is 12.1 Å². The molecule has 0 aliphatic carbocycles. The minimum Gasteiger partial charge on any atom is -0.493 e. The summed E-state index contributed by atoms with van der Waals surface area (Å²) in [7, 11) is 6.72. The highest BCUT2D eigenvalue weighted by atomic mass is 16.5. The van der Waals surface area contributed by atoms with Gasteiger partial charge in [0.05, 0.1) is 28.4 Å². The minimum atomic E-state index is 0.250. The molecule has 5 heteroatoms. The van der Waals surface area contributed by atoms with Crippen molar-refractivity contribution in [2.24, 2.45) is 0 Å². The second-order valence-corrected chi connectivity index (χ2v) is 6.92. The Morgan fingerprint density at radius 2 is 1.63 bits per heavy atom. The molecule has 0 bridgehead atoms. The fourth-order valence-corrected chi connectivity index (χ4v) is 3.95. The van der Waals surface area contributed by atoms with Gasteiger partial charge < -0.3 is 24.3 Å². The lowest BCUT2D eigenvalue weighted by molar-refractivity contribution is 0.345. The number of ether oxygens (including phenoxy) is 4. The van der Waals surface area contributed by atoms with Crippen LogP contribution >= 0.6 is 0 Å². The summed E-state index contributed by atoms with van der Waals surface area (Å²) >= 11 is 0. The van der Waals surface area contributed by atoms with Gasteiger partial charge in [0.2, 0.25) is 0 Å². The zero-order chi connectivity index (χ0) is 19.4. The number of aryl methyl sites for hydroxylation is 1. The number of fused-ring (bicyclic) bond motifs is 1. The lowest BCUT2D eigenvalue weighted by Crippen LogP contribution is -2.37. The van der Waals surface area contributed by atoms with Gasteiger partial charge in [-0.1, -0.05) is 12.1 Å². The number of hydrogen-bond acceptors (Lipinski definition) is 5. The Labute approximate surface area is 161 Å². The normalized spacial score (nSPS) is 18.6. The standard InChI is InChI=1S/C22H29NO4/c1-14-11-16-12-20(25-3)21(26-4)13-17(16)18(23-14)10-9-15-7-6-8-19(24-2)22(15)27-5/h6-8,12-14,18,23H,9-11H2,1-5H3/t14-,18?/m1/s1. The van der Waals surface area contributed by atoms with Crippen molar-refractivity contribution in [3.05, 3.63) is 47.0 Å². The van der Waals surface area contributed by atoms with E-state index in [-0.39, 0.29) is 6.04 Å². The molecule has 1 aliphatic rings. The average molecular weight is 371 g/mol. The summed E-state index contributed by atoms with van der Waals surface area (Å²) in [5.74, 6) is 3.15. The van der Waals surface area contributed by atoms with E-state index in [1.807, 2.05) is 12.1 Å². The van der Waals surface area contributed by atoms with Crippen LogP contribution in [0.5, 0.6) is 23.0 Å². The second kappa shape index (κ2) is 8.53. The molecule has 0 amide bonds. The third kappa shape index (κ3) is 3.98. The molecule has 0 radical (unpaired) electrons. The fourth-order valence-electron chi connectivity index (χ4n) is 3.95. The van der Waals surface area contributed by atoms with E-state index in [1.54, 1.807) is 28.4 Å². The molecule has 0 saturated heterocycles. The Bertz CT molecular complexity index is 790. The molecular weight excluding hydrogens is 342 g/mol. The van der Waals surface area contributed by atoms with Crippen LogP contribution in [0.1, 0.15) is 36.1 Å². The molecule has 2 aromatic carbocycles. The predicted molar refractivity (Wildman–Crippen MR) is 106 cm³/mol. The monoisotopic (exact) mass is 371 g/mol. The van der Waals surface area contributed by atoms with Gasteiger partial charge in [0.1, 0.15) is 0 Å². The molecule has 0 saturated carbocycles. The zero-order valence-electron chi connectivity index (χ0n) is 16.8. The predicted octanol–water partition coefficient (Wildman–Crippen LogP) is 3.93. The molecule has 2 aromatic rings. The second-order valence-electron chi connectivity index (χ2n) is 6.92.